The summed E-state index contributed by atoms with van der Waals surface area (Å²) in [5.41, 5.74) is 3.28. The summed E-state index contributed by atoms with van der Waals surface area (Å²) in [6, 6.07) is 11.1. The van der Waals surface area contributed by atoms with Crippen LogP contribution in [0.25, 0.3) is 0 Å². The third-order valence-electron chi connectivity index (χ3n) is 5.53. The molecular formula is C22H25N3O4. The number of rotatable bonds is 6. The number of benzene rings is 2. The number of amides is 2. The van der Waals surface area contributed by atoms with Crippen molar-refractivity contribution in [2.75, 3.05) is 37.5 Å². The van der Waals surface area contributed by atoms with E-state index in [-0.39, 0.29) is 17.9 Å². The molecule has 0 aliphatic carbocycles. The predicted octanol–water partition coefficient (Wildman–Crippen LogP) is 2.60. The van der Waals surface area contributed by atoms with Crippen LogP contribution in [0, 0.1) is 0 Å². The highest BCUT2D eigenvalue weighted by Gasteiger charge is 2.36. The molecule has 2 aliphatic heterocycles. The molecule has 152 valence electrons. The highest BCUT2D eigenvalue weighted by Crippen LogP contribution is 2.37. The second-order valence-electron chi connectivity index (χ2n) is 7.27. The van der Waals surface area contributed by atoms with E-state index in [1.54, 1.807) is 20.3 Å². The maximum atomic E-state index is 12.6. The van der Waals surface area contributed by atoms with Gasteiger partial charge in [0, 0.05) is 18.7 Å². The summed E-state index contributed by atoms with van der Waals surface area (Å²) in [5, 5.41) is 5.89. The van der Waals surface area contributed by atoms with Gasteiger partial charge in [-0.05, 0) is 55.2 Å². The second kappa shape index (κ2) is 8.03. The van der Waals surface area contributed by atoms with Crippen LogP contribution in [0.2, 0.25) is 0 Å². The fraction of sp³-hybridized carbons (Fsp3) is 0.364. The first-order valence-electron chi connectivity index (χ1n) is 9.81. The quantitative estimate of drug-likeness (QED) is 0.786. The molecule has 7 nitrogen and oxygen atoms in total. The zero-order valence-corrected chi connectivity index (χ0v) is 16.7. The number of ether oxygens (including phenoxy) is 2. The van der Waals surface area contributed by atoms with E-state index >= 15 is 0 Å². The highest BCUT2D eigenvalue weighted by molar-refractivity contribution is 6.06. The van der Waals surface area contributed by atoms with Gasteiger partial charge in [-0.3, -0.25) is 9.59 Å². The first kappa shape index (κ1) is 19.1. The fourth-order valence-electron chi connectivity index (χ4n) is 4.03. The molecule has 2 amide bonds. The van der Waals surface area contributed by atoms with E-state index in [1.807, 2.05) is 30.3 Å². The minimum absolute atomic E-state index is 0.0148. The number of anilines is 2. The predicted molar refractivity (Wildman–Crippen MR) is 111 cm³/mol. The Morgan fingerprint density at radius 2 is 2.00 bits per heavy atom. The van der Waals surface area contributed by atoms with Crippen LogP contribution in [0.1, 0.15) is 28.8 Å². The van der Waals surface area contributed by atoms with Gasteiger partial charge in [0.05, 0.1) is 25.6 Å². The van der Waals surface area contributed by atoms with Crippen molar-refractivity contribution in [3.05, 3.63) is 47.5 Å². The van der Waals surface area contributed by atoms with Crippen molar-refractivity contribution >= 4 is 23.2 Å². The van der Waals surface area contributed by atoms with Gasteiger partial charge in [-0.2, -0.15) is 0 Å². The smallest absolute Gasteiger partial charge is 0.251 e. The van der Waals surface area contributed by atoms with Crippen molar-refractivity contribution in [1.82, 2.24) is 5.32 Å². The van der Waals surface area contributed by atoms with E-state index in [0.29, 0.717) is 35.7 Å². The maximum Gasteiger partial charge on any atom is 0.251 e. The summed E-state index contributed by atoms with van der Waals surface area (Å²) >= 11 is 0. The van der Waals surface area contributed by atoms with Crippen molar-refractivity contribution in [1.29, 1.82) is 0 Å². The first-order valence-corrected chi connectivity index (χ1v) is 9.81. The topological polar surface area (TPSA) is 79.9 Å². The largest absolute Gasteiger partial charge is 0.493 e. The summed E-state index contributed by atoms with van der Waals surface area (Å²) in [5.74, 6) is 1.20. The van der Waals surface area contributed by atoms with Crippen LogP contribution in [0.5, 0.6) is 11.5 Å². The monoisotopic (exact) mass is 395 g/mol. The number of nitrogens with zero attached hydrogens (tertiary/aromatic N) is 1. The zero-order valence-electron chi connectivity index (χ0n) is 16.7. The number of hydrogen-bond acceptors (Lipinski definition) is 5. The molecule has 2 heterocycles. The van der Waals surface area contributed by atoms with Gasteiger partial charge < -0.3 is 25.0 Å². The van der Waals surface area contributed by atoms with Gasteiger partial charge in [0.25, 0.3) is 5.91 Å². The first-order chi connectivity index (χ1) is 14.1. The SMILES string of the molecule is COc1ccc(CCNC(=O)c2ccc3c(c2)NC(=O)[C@H]2CCCN32)cc1OC. The zero-order chi connectivity index (χ0) is 20.4. The molecule has 2 aromatic rings. The fourth-order valence-corrected chi connectivity index (χ4v) is 4.03. The molecule has 0 radical (unpaired) electrons. The molecule has 0 unspecified atom stereocenters. The number of carbonyl (C=O) groups excluding carboxylic acids is 2. The third kappa shape index (κ3) is 3.72. The summed E-state index contributed by atoms with van der Waals surface area (Å²) in [6.07, 6.45) is 2.56. The molecule has 7 heteroatoms. The summed E-state index contributed by atoms with van der Waals surface area (Å²) in [7, 11) is 3.20. The number of hydrogen-bond donors (Lipinski definition) is 2. The Kier molecular flexibility index (Phi) is 5.29. The van der Waals surface area contributed by atoms with Gasteiger partial charge in [0.2, 0.25) is 5.91 Å². The summed E-state index contributed by atoms with van der Waals surface area (Å²) in [4.78, 5) is 27.0. The molecular weight excluding hydrogens is 370 g/mol. The Hall–Kier alpha value is -3.22. The number of nitrogens with one attached hydrogen (secondary N) is 2. The molecule has 0 aromatic heterocycles. The van der Waals surface area contributed by atoms with Gasteiger partial charge in [-0.1, -0.05) is 6.07 Å². The average Bonchev–Trinajstić information content (AvgIpc) is 3.24. The van der Waals surface area contributed by atoms with Crippen molar-refractivity contribution in [2.24, 2.45) is 0 Å². The lowest BCUT2D eigenvalue weighted by atomic mass is 10.1. The molecule has 2 N–H and O–H groups in total. The van der Waals surface area contributed by atoms with E-state index in [9.17, 15) is 9.59 Å². The van der Waals surface area contributed by atoms with Crippen LogP contribution in [0.4, 0.5) is 11.4 Å². The van der Waals surface area contributed by atoms with Gasteiger partial charge >= 0.3 is 0 Å². The van der Waals surface area contributed by atoms with Gasteiger partial charge in [0.15, 0.2) is 11.5 Å². The summed E-state index contributed by atoms with van der Waals surface area (Å²) in [6.45, 7) is 1.37. The van der Waals surface area contributed by atoms with Crippen molar-refractivity contribution < 1.29 is 19.1 Å². The minimum atomic E-state index is -0.161. The normalized spacial score (nSPS) is 17.2. The molecule has 1 fully saturated rings. The molecule has 0 spiro atoms. The Morgan fingerprint density at radius 3 is 2.79 bits per heavy atom. The Bertz CT molecular complexity index is 944. The lowest BCUT2D eigenvalue weighted by Crippen LogP contribution is -2.44. The lowest BCUT2D eigenvalue weighted by Gasteiger charge is -2.33. The molecule has 29 heavy (non-hydrogen) atoms. The van der Waals surface area contributed by atoms with Crippen LogP contribution >= 0.6 is 0 Å². The molecule has 1 atom stereocenters. The standard InChI is InChI=1S/C22H25N3O4/c1-28-19-8-5-14(12-20(19)29-2)9-10-23-21(26)15-6-7-17-16(13-15)24-22(27)18-4-3-11-25(17)18/h5-8,12-13,18H,3-4,9-11H2,1-2H3,(H,23,26)(H,24,27)/t18-/m1/s1. The minimum Gasteiger partial charge on any atom is -0.493 e. The van der Waals surface area contributed by atoms with Gasteiger partial charge in [-0.25, -0.2) is 0 Å². The van der Waals surface area contributed by atoms with Crippen LogP contribution in [0.15, 0.2) is 36.4 Å². The molecule has 1 saturated heterocycles. The number of carbonyl (C=O) groups is 2. The van der Waals surface area contributed by atoms with E-state index in [1.165, 1.54) is 0 Å². The third-order valence-corrected chi connectivity index (χ3v) is 5.53. The van der Waals surface area contributed by atoms with Crippen molar-refractivity contribution in [2.45, 2.75) is 25.3 Å². The second-order valence-corrected chi connectivity index (χ2v) is 7.27. The highest BCUT2D eigenvalue weighted by atomic mass is 16.5. The van der Waals surface area contributed by atoms with Gasteiger partial charge in [-0.15, -0.1) is 0 Å². The van der Waals surface area contributed by atoms with Crippen LogP contribution < -0.4 is 25.0 Å². The molecule has 0 bridgehead atoms. The average molecular weight is 395 g/mol. The van der Waals surface area contributed by atoms with E-state index in [2.05, 4.69) is 15.5 Å². The van der Waals surface area contributed by atoms with E-state index in [4.69, 9.17) is 9.47 Å². The number of fused-ring (bicyclic) bond motifs is 3. The van der Waals surface area contributed by atoms with Crippen molar-refractivity contribution in [3.63, 3.8) is 0 Å². The molecule has 4 rings (SSSR count). The lowest BCUT2D eigenvalue weighted by molar-refractivity contribution is -0.117. The van der Waals surface area contributed by atoms with E-state index in [0.717, 1.165) is 30.6 Å². The molecule has 0 saturated carbocycles. The van der Waals surface area contributed by atoms with Crippen LogP contribution in [-0.2, 0) is 11.2 Å². The van der Waals surface area contributed by atoms with Crippen molar-refractivity contribution in [3.8, 4) is 11.5 Å². The van der Waals surface area contributed by atoms with Crippen LogP contribution in [0.3, 0.4) is 0 Å². The maximum absolute atomic E-state index is 12.6. The Labute approximate surface area is 170 Å². The van der Waals surface area contributed by atoms with E-state index < -0.39 is 0 Å². The van der Waals surface area contributed by atoms with Crippen LogP contribution in [-0.4, -0.2) is 45.2 Å². The Morgan fingerprint density at radius 1 is 1.17 bits per heavy atom. The molecule has 2 aromatic carbocycles. The summed E-state index contributed by atoms with van der Waals surface area (Å²) < 4.78 is 10.6. The Balaban J connectivity index is 1.39. The number of methoxy groups -OCH3 is 2. The molecule has 2 aliphatic rings. The van der Waals surface area contributed by atoms with Gasteiger partial charge in [0.1, 0.15) is 6.04 Å².